The Labute approximate surface area is 101 Å². The maximum atomic E-state index is 10.3. The van der Waals surface area contributed by atoms with Crippen molar-refractivity contribution in [2.45, 2.75) is 12.8 Å². The summed E-state index contributed by atoms with van der Waals surface area (Å²) in [5, 5.41) is 11.2. The predicted molar refractivity (Wildman–Crippen MR) is 68.0 cm³/mol. The van der Waals surface area contributed by atoms with E-state index in [0.29, 0.717) is 5.69 Å². The second-order valence-electron chi connectivity index (χ2n) is 4.05. The first-order chi connectivity index (χ1) is 8.08. The third-order valence-electron chi connectivity index (χ3n) is 2.46. The lowest BCUT2D eigenvalue weighted by molar-refractivity contribution is 0.259. The van der Waals surface area contributed by atoms with E-state index < -0.39 is 6.03 Å². The fourth-order valence-electron chi connectivity index (χ4n) is 1.56. The first-order valence-corrected chi connectivity index (χ1v) is 5.62. The van der Waals surface area contributed by atoms with Crippen LogP contribution in [0.3, 0.4) is 0 Å². The van der Waals surface area contributed by atoms with E-state index in [0.717, 1.165) is 0 Å². The Morgan fingerprint density at radius 3 is 2.18 bits per heavy atom. The van der Waals surface area contributed by atoms with Crippen LogP contribution >= 0.6 is 0 Å². The van der Waals surface area contributed by atoms with E-state index in [4.69, 9.17) is 10.8 Å². The summed E-state index contributed by atoms with van der Waals surface area (Å²) in [4.78, 5) is 12.7. The zero-order valence-corrected chi connectivity index (χ0v) is 10.0. The molecule has 1 aliphatic rings. The summed E-state index contributed by atoms with van der Waals surface area (Å²) in [6.45, 7) is 2.64. The first kappa shape index (κ1) is 13.3. The number of nitrogens with two attached hydrogens (primary N) is 1. The Bertz CT molecular complexity index is 345. The van der Waals surface area contributed by atoms with E-state index in [1.165, 1.54) is 38.1 Å². The summed E-state index contributed by atoms with van der Waals surface area (Å²) >= 11 is 0. The maximum absolute atomic E-state index is 10.3. The smallest absolute Gasteiger partial charge is 0.316 e. The van der Waals surface area contributed by atoms with E-state index in [1.807, 2.05) is 0 Å². The van der Waals surface area contributed by atoms with Crippen molar-refractivity contribution < 1.29 is 9.90 Å². The fraction of sp³-hybridized carbons (Fsp3) is 0.417. The number of primary amides is 1. The molecule has 1 aromatic carbocycles. The molecule has 2 amide bonds. The molecule has 5 heteroatoms. The van der Waals surface area contributed by atoms with Gasteiger partial charge in [-0.3, -0.25) is 0 Å². The number of amides is 2. The Kier molecular flexibility index (Phi) is 5.29. The van der Waals surface area contributed by atoms with Crippen LogP contribution in [-0.4, -0.2) is 36.2 Å². The van der Waals surface area contributed by atoms with E-state index in [9.17, 15) is 4.79 Å². The highest BCUT2D eigenvalue weighted by Gasteiger charge is 2.03. The van der Waals surface area contributed by atoms with Gasteiger partial charge in [-0.25, -0.2) is 4.79 Å². The van der Waals surface area contributed by atoms with Crippen LogP contribution in [0.2, 0.25) is 0 Å². The average molecular weight is 237 g/mol. The third-order valence-corrected chi connectivity index (χ3v) is 2.46. The minimum atomic E-state index is -0.615. The molecule has 17 heavy (non-hydrogen) atoms. The average Bonchev–Trinajstić information content (AvgIpc) is 2.73. The third kappa shape index (κ3) is 5.77. The molecule has 0 bridgehead atoms. The number of hydrogen-bond donors (Lipinski definition) is 3. The summed E-state index contributed by atoms with van der Waals surface area (Å²) in [5.41, 5.74) is 5.42. The van der Waals surface area contributed by atoms with Gasteiger partial charge in [-0.2, -0.15) is 0 Å². The zero-order valence-electron chi connectivity index (χ0n) is 10.0. The zero-order chi connectivity index (χ0) is 12.7. The van der Waals surface area contributed by atoms with Gasteiger partial charge in [-0.15, -0.1) is 0 Å². The summed E-state index contributed by atoms with van der Waals surface area (Å²) < 4.78 is 0. The highest BCUT2D eigenvalue weighted by molar-refractivity contribution is 5.87. The largest absolute Gasteiger partial charge is 0.508 e. The van der Waals surface area contributed by atoms with Crippen molar-refractivity contribution in [3.63, 3.8) is 0 Å². The molecule has 5 nitrogen and oxygen atoms in total. The van der Waals surface area contributed by atoms with E-state index in [1.54, 1.807) is 12.1 Å². The fourth-order valence-corrected chi connectivity index (χ4v) is 1.56. The van der Waals surface area contributed by atoms with E-state index >= 15 is 0 Å². The van der Waals surface area contributed by atoms with Crippen molar-refractivity contribution in [2.24, 2.45) is 5.73 Å². The molecule has 0 atom stereocenters. The number of anilines is 1. The number of nitrogens with one attached hydrogen (secondary N) is 1. The van der Waals surface area contributed by atoms with Gasteiger partial charge in [0.05, 0.1) is 0 Å². The van der Waals surface area contributed by atoms with Crippen molar-refractivity contribution in [3.05, 3.63) is 24.3 Å². The maximum Gasteiger partial charge on any atom is 0.316 e. The highest BCUT2D eigenvalue weighted by atomic mass is 16.3. The number of likely N-dealkylation sites (tertiary alicyclic amines) is 1. The topological polar surface area (TPSA) is 78.6 Å². The highest BCUT2D eigenvalue weighted by Crippen LogP contribution is 2.12. The van der Waals surface area contributed by atoms with Gasteiger partial charge in [0, 0.05) is 5.69 Å². The number of carbonyl (C=O) groups is 1. The van der Waals surface area contributed by atoms with Gasteiger partial charge in [0.1, 0.15) is 5.75 Å². The minimum absolute atomic E-state index is 0.153. The van der Waals surface area contributed by atoms with Crippen LogP contribution in [0.5, 0.6) is 5.75 Å². The quantitative estimate of drug-likeness (QED) is 0.649. The van der Waals surface area contributed by atoms with Crippen LogP contribution in [0.1, 0.15) is 12.8 Å². The van der Waals surface area contributed by atoms with Crippen molar-refractivity contribution in [1.29, 1.82) is 0 Å². The Morgan fingerprint density at radius 2 is 1.82 bits per heavy atom. The lowest BCUT2D eigenvalue weighted by atomic mass is 10.3. The molecular weight excluding hydrogens is 218 g/mol. The molecule has 0 aromatic heterocycles. The van der Waals surface area contributed by atoms with Gasteiger partial charge in [-0.1, -0.05) is 0 Å². The number of nitrogens with zero attached hydrogens (tertiary/aromatic N) is 1. The van der Waals surface area contributed by atoms with Gasteiger partial charge in [0.2, 0.25) is 0 Å². The van der Waals surface area contributed by atoms with Gasteiger partial charge in [-0.05, 0) is 57.2 Å². The van der Waals surface area contributed by atoms with Crippen LogP contribution in [0, 0.1) is 0 Å². The number of phenolic OH excluding ortho intramolecular Hbond substituents is 1. The van der Waals surface area contributed by atoms with Gasteiger partial charge in [0.15, 0.2) is 0 Å². The molecule has 1 saturated heterocycles. The number of benzene rings is 1. The molecule has 1 fully saturated rings. The summed E-state index contributed by atoms with van der Waals surface area (Å²) in [6.07, 6.45) is 2.83. The SMILES string of the molecule is CN1CCCC1.NC(=O)Nc1ccc(O)cc1. The molecule has 0 aliphatic carbocycles. The first-order valence-electron chi connectivity index (χ1n) is 5.62. The van der Waals surface area contributed by atoms with Crippen molar-refractivity contribution in [3.8, 4) is 5.75 Å². The summed E-state index contributed by atoms with van der Waals surface area (Å²) in [5.74, 6) is 0.153. The normalized spacial score (nSPS) is 14.9. The molecule has 0 unspecified atom stereocenters. The summed E-state index contributed by atoms with van der Waals surface area (Å²) in [7, 11) is 2.17. The number of urea groups is 1. The molecule has 1 heterocycles. The van der Waals surface area contributed by atoms with Crippen LogP contribution in [0.4, 0.5) is 10.5 Å². The number of aromatic hydroxyl groups is 1. The van der Waals surface area contributed by atoms with Gasteiger partial charge >= 0.3 is 6.03 Å². The van der Waals surface area contributed by atoms with Crippen LogP contribution in [0.15, 0.2) is 24.3 Å². The van der Waals surface area contributed by atoms with E-state index in [2.05, 4.69) is 17.3 Å². The lowest BCUT2D eigenvalue weighted by Crippen LogP contribution is -2.18. The predicted octanol–water partition coefficient (Wildman–Crippen LogP) is 1.59. The lowest BCUT2D eigenvalue weighted by Gasteiger charge is -2.01. The van der Waals surface area contributed by atoms with Crippen molar-refractivity contribution in [2.75, 3.05) is 25.5 Å². The Balaban J connectivity index is 0.000000202. The van der Waals surface area contributed by atoms with Gasteiger partial charge in [0.25, 0.3) is 0 Å². The Hall–Kier alpha value is -1.75. The molecule has 2 rings (SSSR count). The molecule has 0 radical (unpaired) electrons. The molecule has 1 aromatic rings. The van der Waals surface area contributed by atoms with Gasteiger partial charge < -0.3 is 21.1 Å². The van der Waals surface area contributed by atoms with Crippen LogP contribution in [0.25, 0.3) is 0 Å². The number of rotatable bonds is 1. The number of carbonyl (C=O) groups excluding carboxylic acids is 1. The molecule has 94 valence electrons. The van der Waals surface area contributed by atoms with E-state index in [-0.39, 0.29) is 5.75 Å². The second-order valence-corrected chi connectivity index (χ2v) is 4.05. The van der Waals surface area contributed by atoms with Crippen LogP contribution in [-0.2, 0) is 0 Å². The second kappa shape index (κ2) is 6.75. The number of phenols is 1. The molecule has 0 saturated carbocycles. The molecule has 0 spiro atoms. The minimum Gasteiger partial charge on any atom is -0.508 e. The Morgan fingerprint density at radius 1 is 1.29 bits per heavy atom. The standard InChI is InChI=1S/C7H8N2O2.C5H11N/c8-7(11)9-5-1-3-6(10)4-2-5;1-6-4-2-3-5-6/h1-4,10H,(H3,8,9,11);2-5H2,1H3. The van der Waals surface area contributed by atoms with Crippen molar-refractivity contribution in [1.82, 2.24) is 4.90 Å². The molecular formula is C12H19N3O2. The van der Waals surface area contributed by atoms with Crippen molar-refractivity contribution >= 4 is 11.7 Å². The monoisotopic (exact) mass is 237 g/mol. The summed E-state index contributed by atoms with van der Waals surface area (Å²) in [6, 6.07) is 5.42. The van der Waals surface area contributed by atoms with Crippen LogP contribution < -0.4 is 11.1 Å². The number of hydrogen-bond acceptors (Lipinski definition) is 3. The molecule has 4 N–H and O–H groups in total. The molecule has 1 aliphatic heterocycles.